The fourth-order valence-electron chi connectivity index (χ4n) is 3.10. The number of benzene rings is 1. The fraction of sp³-hybridized carbons (Fsp3) is 0.600. The van der Waals surface area contributed by atoms with Crippen LogP contribution in [0.15, 0.2) is 12.1 Å². The molecule has 2 unspecified atom stereocenters. The summed E-state index contributed by atoms with van der Waals surface area (Å²) in [6, 6.07) is 4.28. The molecule has 0 saturated carbocycles. The molecule has 1 heterocycles. The first kappa shape index (κ1) is 14.5. The molecule has 106 valence electrons. The molecule has 1 aromatic carbocycles. The maximum Gasteiger partial charge on any atom is 0.150 e. The van der Waals surface area contributed by atoms with Crippen LogP contribution in [0.25, 0.3) is 0 Å². The molecule has 1 aliphatic heterocycles. The number of nitrogens with two attached hydrogens (primary N) is 1. The summed E-state index contributed by atoms with van der Waals surface area (Å²) in [5.74, 6) is 0.681. The molecule has 4 heteroatoms. The molecule has 0 aliphatic carbocycles. The molecule has 0 aromatic heterocycles. The van der Waals surface area contributed by atoms with Crippen LogP contribution in [0.1, 0.15) is 28.7 Å². The highest BCUT2D eigenvalue weighted by atomic mass is 32.2. The van der Waals surface area contributed by atoms with Crippen molar-refractivity contribution in [3.63, 3.8) is 0 Å². The Labute approximate surface area is 116 Å². The molecule has 0 radical (unpaired) electrons. The van der Waals surface area contributed by atoms with Gasteiger partial charge in [-0.2, -0.15) is 0 Å². The lowest BCUT2D eigenvalue weighted by molar-refractivity contribution is 0.460. The number of hydrogen-bond acceptors (Lipinski definition) is 3. The Morgan fingerprint density at radius 1 is 1.26 bits per heavy atom. The zero-order valence-electron chi connectivity index (χ0n) is 11.9. The van der Waals surface area contributed by atoms with Crippen LogP contribution in [0.5, 0.6) is 0 Å². The summed E-state index contributed by atoms with van der Waals surface area (Å²) in [4.78, 5) is 0. The minimum atomic E-state index is -2.84. The molecule has 19 heavy (non-hydrogen) atoms. The quantitative estimate of drug-likeness (QED) is 0.920. The predicted octanol–water partition coefficient (Wildman–Crippen LogP) is 1.92. The van der Waals surface area contributed by atoms with Gasteiger partial charge in [0.2, 0.25) is 0 Å². The lowest BCUT2D eigenvalue weighted by atomic mass is 9.89. The van der Waals surface area contributed by atoms with Crippen LogP contribution in [-0.2, 0) is 16.3 Å². The van der Waals surface area contributed by atoms with Gasteiger partial charge in [-0.3, -0.25) is 0 Å². The number of aryl methyl sites for hydroxylation is 3. The maximum atomic E-state index is 11.5. The van der Waals surface area contributed by atoms with Gasteiger partial charge in [0, 0.05) is 6.04 Å². The van der Waals surface area contributed by atoms with Gasteiger partial charge < -0.3 is 5.73 Å². The first-order chi connectivity index (χ1) is 8.78. The monoisotopic (exact) mass is 281 g/mol. The van der Waals surface area contributed by atoms with Crippen LogP contribution >= 0.6 is 0 Å². The van der Waals surface area contributed by atoms with Crippen LogP contribution in [-0.4, -0.2) is 26.0 Å². The molecule has 0 spiro atoms. The number of sulfone groups is 1. The van der Waals surface area contributed by atoms with Gasteiger partial charge in [-0.05, 0) is 56.2 Å². The average Bonchev–Trinajstić information content (AvgIpc) is 2.64. The summed E-state index contributed by atoms with van der Waals surface area (Å²) in [5.41, 5.74) is 11.3. The second-order valence-electron chi connectivity index (χ2n) is 5.91. The molecule has 1 saturated heterocycles. The van der Waals surface area contributed by atoms with Crippen molar-refractivity contribution in [1.82, 2.24) is 0 Å². The van der Waals surface area contributed by atoms with Gasteiger partial charge in [0.05, 0.1) is 11.5 Å². The highest BCUT2D eigenvalue weighted by Gasteiger charge is 2.32. The van der Waals surface area contributed by atoms with E-state index in [-0.39, 0.29) is 17.7 Å². The Hall–Kier alpha value is -0.870. The third kappa shape index (κ3) is 3.37. The van der Waals surface area contributed by atoms with Crippen molar-refractivity contribution in [3.05, 3.63) is 34.4 Å². The number of hydrogen-bond donors (Lipinski definition) is 1. The topological polar surface area (TPSA) is 60.2 Å². The summed E-state index contributed by atoms with van der Waals surface area (Å²) in [6.45, 7) is 6.30. The van der Waals surface area contributed by atoms with E-state index in [1.807, 2.05) is 0 Å². The van der Waals surface area contributed by atoms with E-state index >= 15 is 0 Å². The van der Waals surface area contributed by atoms with E-state index in [9.17, 15) is 8.42 Å². The van der Waals surface area contributed by atoms with Crippen molar-refractivity contribution in [2.45, 2.75) is 39.7 Å². The van der Waals surface area contributed by atoms with Crippen molar-refractivity contribution >= 4 is 9.84 Å². The maximum absolute atomic E-state index is 11.5. The van der Waals surface area contributed by atoms with Crippen molar-refractivity contribution in [3.8, 4) is 0 Å². The average molecular weight is 281 g/mol. The van der Waals surface area contributed by atoms with Gasteiger partial charge in [-0.1, -0.05) is 17.7 Å². The molecule has 1 aliphatic rings. The van der Waals surface area contributed by atoms with Crippen LogP contribution in [0.2, 0.25) is 0 Å². The van der Waals surface area contributed by atoms with Gasteiger partial charge in [0.25, 0.3) is 0 Å². The van der Waals surface area contributed by atoms with E-state index in [2.05, 4.69) is 32.9 Å². The molecule has 3 nitrogen and oxygen atoms in total. The Bertz CT molecular complexity index is 555. The highest BCUT2D eigenvalue weighted by Crippen LogP contribution is 2.25. The van der Waals surface area contributed by atoms with Gasteiger partial charge in [0.1, 0.15) is 0 Å². The Balaban J connectivity index is 2.14. The van der Waals surface area contributed by atoms with Crippen molar-refractivity contribution in [2.24, 2.45) is 11.7 Å². The summed E-state index contributed by atoms with van der Waals surface area (Å²) in [5, 5.41) is 0. The Kier molecular flexibility index (Phi) is 4.02. The lowest BCUT2D eigenvalue weighted by Crippen LogP contribution is -2.33. The van der Waals surface area contributed by atoms with E-state index in [0.717, 1.165) is 6.42 Å². The molecule has 0 bridgehead atoms. The minimum absolute atomic E-state index is 0.0580. The minimum Gasteiger partial charge on any atom is -0.327 e. The second-order valence-corrected chi connectivity index (χ2v) is 8.14. The van der Waals surface area contributed by atoms with Crippen molar-refractivity contribution in [1.29, 1.82) is 0 Å². The van der Waals surface area contributed by atoms with Crippen LogP contribution in [0.3, 0.4) is 0 Å². The van der Waals surface area contributed by atoms with E-state index in [1.165, 1.54) is 22.3 Å². The normalized spacial score (nSPS) is 23.5. The molecule has 2 rings (SSSR count). The van der Waals surface area contributed by atoms with E-state index in [4.69, 9.17) is 5.73 Å². The third-order valence-corrected chi connectivity index (χ3v) is 5.95. The van der Waals surface area contributed by atoms with E-state index < -0.39 is 9.84 Å². The zero-order valence-corrected chi connectivity index (χ0v) is 12.8. The molecule has 1 aromatic rings. The standard InChI is InChI=1S/C15H23NO2S/c1-10-6-11(2)14(12(3)7-10)8-15(16)13-4-5-19(17,18)9-13/h6-7,13,15H,4-5,8-9,16H2,1-3H3. The second kappa shape index (κ2) is 5.25. The molecule has 0 amide bonds. The van der Waals surface area contributed by atoms with Crippen LogP contribution in [0, 0.1) is 26.7 Å². The molecule has 2 N–H and O–H groups in total. The smallest absolute Gasteiger partial charge is 0.150 e. The molecule has 2 atom stereocenters. The van der Waals surface area contributed by atoms with Crippen LogP contribution < -0.4 is 5.73 Å². The Morgan fingerprint density at radius 3 is 2.32 bits per heavy atom. The Morgan fingerprint density at radius 2 is 1.84 bits per heavy atom. The summed E-state index contributed by atoms with van der Waals surface area (Å²) in [7, 11) is -2.84. The molecular weight excluding hydrogens is 258 g/mol. The number of rotatable bonds is 3. The highest BCUT2D eigenvalue weighted by molar-refractivity contribution is 7.91. The third-order valence-electron chi connectivity index (χ3n) is 4.15. The van der Waals surface area contributed by atoms with Crippen LogP contribution in [0.4, 0.5) is 0 Å². The first-order valence-corrected chi connectivity index (χ1v) is 8.63. The molecule has 1 fully saturated rings. The van der Waals surface area contributed by atoms with Gasteiger partial charge in [0.15, 0.2) is 9.84 Å². The van der Waals surface area contributed by atoms with E-state index in [0.29, 0.717) is 12.2 Å². The van der Waals surface area contributed by atoms with Gasteiger partial charge in [-0.15, -0.1) is 0 Å². The van der Waals surface area contributed by atoms with Gasteiger partial charge >= 0.3 is 0 Å². The lowest BCUT2D eigenvalue weighted by Gasteiger charge is -2.20. The fourth-order valence-corrected chi connectivity index (χ4v) is 4.99. The SMILES string of the molecule is Cc1cc(C)c(CC(N)C2CCS(=O)(=O)C2)c(C)c1. The summed E-state index contributed by atoms with van der Waals surface area (Å²) >= 11 is 0. The largest absolute Gasteiger partial charge is 0.327 e. The van der Waals surface area contributed by atoms with E-state index in [1.54, 1.807) is 0 Å². The first-order valence-electron chi connectivity index (χ1n) is 6.81. The summed E-state index contributed by atoms with van der Waals surface area (Å²) < 4.78 is 23.0. The van der Waals surface area contributed by atoms with Crippen molar-refractivity contribution < 1.29 is 8.42 Å². The summed E-state index contributed by atoms with van der Waals surface area (Å²) in [6.07, 6.45) is 1.49. The predicted molar refractivity (Wildman–Crippen MR) is 79.1 cm³/mol. The zero-order chi connectivity index (χ0) is 14.2. The molecular formula is C15H23NO2S. The van der Waals surface area contributed by atoms with Crippen molar-refractivity contribution in [2.75, 3.05) is 11.5 Å². The van der Waals surface area contributed by atoms with Gasteiger partial charge in [-0.25, -0.2) is 8.42 Å².